The SMILES string of the molecule is CC[NH+]1CCN(C(=O)c2cc(-c3ccc(C)c(C)c3)nn2-c2ccccc2Cl)CC1. The number of nitrogens with one attached hydrogen (secondary N) is 1. The molecule has 1 fully saturated rings. The number of benzene rings is 2. The predicted molar refractivity (Wildman–Crippen MR) is 121 cm³/mol. The Balaban J connectivity index is 1.76. The fourth-order valence-corrected chi connectivity index (χ4v) is 4.14. The van der Waals surface area contributed by atoms with Crippen LogP contribution < -0.4 is 4.90 Å². The largest absolute Gasteiger partial charge is 0.332 e. The fraction of sp³-hybridized carbons (Fsp3) is 0.333. The number of quaternary nitrogens is 1. The molecular formula is C24H28ClN4O+. The number of halogens is 1. The monoisotopic (exact) mass is 423 g/mol. The van der Waals surface area contributed by atoms with Gasteiger partial charge in [-0.1, -0.05) is 35.9 Å². The molecule has 0 atom stereocenters. The van der Waals surface area contributed by atoms with Gasteiger partial charge in [0.1, 0.15) is 5.69 Å². The Bertz CT molecular complexity index is 1070. The van der Waals surface area contributed by atoms with Gasteiger partial charge in [0.25, 0.3) is 5.91 Å². The van der Waals surface area contributed by atoms with Crippen molar-refractivity contribution < 1.29 is 9.69 Å². The first-order valence-electron chi connectivity index (χ1n) is 10.5. The lowest BCUT2D eigenvalue weighted by molar-refractivity contribution is -0.902. The van der Waals surface area contributed by atoms with Crippen molar-refractivity contribution in [1.29, 1.82) is 0 Å². The fourth-order valence-electron chi connectivity index (χ4n) is 3.92. The summed E-state index contributed by atoms with van der Waals surface area (Å²) in [5, 5.41) is 5.38. The highest BCUT2D eigenvalue weighted by Crippen LogP contribution is 2.27. The number of aromatic nitrogens is 2. The molecule has 0 radical (unpaired) electrons. The summed E-state index contributed by atoms with van der Waals surface area (Å²) in [4.78, 5) is 17.0. The molecule has 0 spiro atoms. The molecule has 1 aliphatic rings. The number of likely N-dealkylation sites (N-methyl/N-ethyl adjacent to an activating group) is 1. The molecule has 0 bridgehead atoms. The second kappa shape index (κ2) is 8.62. The van der Waals surface area contributed by atoms with Gasteiger partial charge in [0, 0.05) is 5.56 Å². The van der Waals surface area contributed by atoms with Crippen molar-refractivity contribution in [3.05, 3.63) is 70.4 Å². The van der Waals surface area contributed by atoms with Crippen LogP contribution in [0.1, 0.15) is 28.5 Å². The van der Waals surface area contributed by atoms with Crippen LogP contribution in [-0.4, -0.2) is 53.3 Å². The van der Waals surface area contributed by atoms with Crippen LogP contribution in [0.25, 0.3) is 16.9 Å². The molecule has 5 nitrogen and oxygen atoms in total. The second-order valence-electron chi connectivity index (χ2n) is 7.97. The standard InChI is InChI=1S/C24H27ClN4O/c1-4-27-11-13-28(14-12-27)24(30)23-16-21(19-10-9-17(2)18(3)15-19)26-29(23)22-8-6-5-7-20(22)25/h5-10,15-16H,4,11-14H2,1-3H3/p+1. The van der Waals surface area contributed by atoms with Gasteiger partial charge in [-0.05, 0) is 56.2 Å². The number of hydrogen-bond acceptors (Lipinski definition) is 2. The zero-order valence-corrected chi connectivity index (χ0v) is 18.5. The normalized spacial score (nSPS) is 14.9. The maximum atomic E-state index is 13.5. The number of hydrogen-bond donors (Lipinski definition) is 1. The summed E-state index contributed by atoms with van der Waals surface area (Å²) in [5.74, 6) is 0.00709. The van der Waals surface area contributed by atoms with Crippen molar-refractivity contribution in [1.82, 2.24) is 14.7 Å². The number of nitrogens with zero attached hydrogens (tertiary/aromatic N) is 3. The van der Waals surface area contributed by atoms with Gasteiger partial charge in [0.05, 0.1) is 49.1 Å². The Morgan fingerprint density at radius 2 is 1.80 bits per heavy atom. The lowest BCUT2D eigenvalue weighted by atomic mass is 10.0. The van der Waals surface area contributed by atoms with E-state index >= 15 is 0 Å². The smallest absolute Gasteiger partial charge is 0.273 e. The molecule has 6 heteroatoms. The highest BCUT2D eigenvalue weighted by Gasteiger charge is 2.27. The van der Waals surface area contributed by atoms with Gasteiger partial charge in [0.2, 0.25) is 0 Å². The molecule has 0 saturated carbocycles. The molecule has 156 valence electrons. The Kier molecular flexibility index (Phi) is 5.93. The molecule has 4 rings (SSSR count). The van der Waals surface area contributed by atoms with Crippen molar-refractivity contribution in [3.63, 3.8) is 0 Å². The van der Waals surface area contributed by atoms with Crippen molar-refractivity contribution >= 4 is 17.5 Å². The predicted octanol–water partition coefficient (Wildman–Crippen LogP) is 3.17. The molecule has 1 N–H and O–H groups in total. The number of rotatable bonds is 4. The first-order valence-corrected chi connectivity index (χ1v) is 10.9. The summed E-state index contributed by atoms with van der Waals surface area (Å²) in [7, 11) is 0. The zero-order valence-electron chi connectivity index (χ0n) is 17.8. The molecule has 3 aromatic rings. The molecule has 1 aliphatic heterocycles. The highest BCUT2D eigenvalue weighted by molar-refractivity contribution is 6.32. The minimum absolute atomic E-state index is 0.00709. The average molecular weight is 424 g/mol. The van der Waals surface area contributed by atoms with E-state index in [2.05, 4.69) is 39.0 Å². The number of amides is 1. The van der Waals surface area contributed by atoms with Crippen molar-refractivity contribution in [2.45, 2.75) is 20.8 Å². The van der Waals surface area contributed by atoms with E-state index < -0.39 is 0 Å². The topological polar surface area (TPSA) is 42.6 Å². The second-order valence-corrected chi connectivity index (χ2v) is 8.38. The van der Waals surface area contributed by atoms with E-state index in [1.165, 1.54) is 16.0 Å². The van der Waals surface area contributed by atoms with Crippen LogP contribution in [0, 0.1) is 13.8 Å². The minimum Gasteiger partial charge on any atom is -0.332 e. The molecular weight excluding hydrogens is 396 g/mol. The van der Waals surface area contributed by atoms with Crippen LogP contribution in [0.5, 0.6) is 0 Å². The summed E-state index contributed by atoms with van der Waals surface area (Å²) in [6, 6.07) is 15.7. The van der Waals surface area contributed by atoms with Crippen molar-refractivity contribution in [2.75, 3.05) is 32.7 Å². The quantitative estimate of drug-likeness (QED) is 0.700. The van der Waals surface area contributed by atoms with Crippen molar-refractivity contribution in [2.24, 2.45) is 0 Å². The number of carbonyl (C=O) groups is 1. The summed E-state index contributed by atoms with van der Waals surface area (Å²) in [6.45, 7) is 10.9. The van der Waals surface area contributed by atoms with Crippen LogP contribution in [0.3, 0.4) is 0 Å². The van der Waals surface area contributed by atoms with Crippen LogP contribution in [0.4, 0.5) is 0 Å². The van der Waals surface area contributed by atoms with Gasteiger partial charge in [-0.2, -0.15) is 5.10 Å². The molecule has 0 aliphatic carbocycles. The zero-order chi connectivity index (χ0) is 21.3. The number of aryl methyl sites for hydroxylation is 2. The van der Waals surface area contributed by atoms with E-state index in [-0.39, 0.29) is 5.91 Å². The Hall–Kier alpha value is -2.63. The lowest BCUT2D eigenvalue weighted by Gasteiger charge is -2.31. The van der Waals surface area contributed by atoms with E-state index in [9.17, 15) is 4.79 Å². The molecule has 1 aromatic heterocycles. The van der Waals surface area contributed by atoms with Crippen LogP contribution in [0.15, 0.2) is 48.5 Å². The van der Waals surface area contributed by atoms with Gasteiger partial charge in [-0.3, -0.25) is 4.79 Å². The first kappa shape index (κ1) is 20.6. The summed E-state index contributed by atoms with van der Waals surface area (Å²) in [5.41, 5.74) is 5.48. The molecule has 30 heavy (non-hydrogen) atoms. The minimum atomic E-state index is 0.00709. The maximum absolute atomic E-state index is 13.5. The summed E-state index contributed by atoms with van der Waals surface area (Å²) >= 11 is 6.47. The third-order valence-electron chi connectivity index (χ3n) is 6.07. The Labute approximate surface area is 182 Å². The van der Waals surface area contributed by atoms with Gasteiger partial charge < -0.3 is 9.80 Å². The molecule has 0 unspecified atom stereocenters. The maximum Gasteiger partial charge on any atom is 0.273 e. The summed E-state index contributed by atoms with van der Waals surface area (Å²) < 4.78 is 1.70. The van der Waals surface area contributed by atoms with E-state index in [1.807, 2.05) is 35.2 Å². The number of para-hydroxylation sites is 1. The number of piperazine rings is 1. The molecule has 1 amide bonds. The summed E-state index contributed by atoms with van der Waals surface area (Å²) in [6.07, 6.45) is 0. The third-order valence-corrected chi connectivity index (χ3v) is 6.39. The van der Waals surface area contributed by atoms with E-state index in [0.717, 1.165) is 49.7 Å². The molecule has 2 heterocycles. The average Bonchev–Trinajstić information content (AvgIpc) is 3.20. The van der Waals surface area contributed by atoms with Gasteiger partial charge in [0.15, 0.2) is 0 Å². The van der Waals surface area contributed by atoms with Crippen molar-refractivity contribution in [3.8, 4) is 16.9 Å². The number of carbonyl (C=O) groups excluding carboxylic acids is 1. The van der Waals surface area contributed by atoms with Crippen LogP contribution in [0.2, 0.25) is 5.02 Å². The molecule has 2 aromatic carbocycles. The van der Waals surface area contributed by atoms with Gasteiger partial charge in [-0.15, -0.1) is 0 Å². The molecule has 1 saturated heterocycles. The van der Waals surface area contributed by atoms with E-state index in [4.69, 9.17) is 16.7 Å². The Morgan fingerprint density at radius 3 is 2.47 bits per heavy atom. The highest BCUT2D eigenvalue weighted by atomic mass is 35.5. The van der Waals surface area contributed by atoms with Crippen LogP contribution >= 0.6 is 11.6 Å². The first-order chi connectivity index (χ1) is 14.5. The van der Waals surface area contributed by atoms with E-state index in [0.29, 0.717) is 10.7 Å². The van der Waals surface area contributed by atoms with E-state index in [1.54, 1.807) is 4.68 Å². The third kappa shape index (κ3) is 4.00. The van der Waals surface area contributed by atoms with Gasteiger partial charge >= 0.3 is 0 Å². The lowest BCUT2D eigenvalue weighted by Crippen LogP contribution is -3.14. The Morgan fingerprint density at radius 1 is 1.07 bits per heavy atom. The van der Waals surface area contributed by atoms with Crippen LogP contribution in [-0.2, 0) is 0 Å². The van der Waals surface area contributed by atoms with Gasteiger partial charge in [-0.25, -0.2) is 4.68 Å².